The highest BCUT2D eigenvalue weighted by atomic mass is 32.2. The van der Waals surface area contributed by atoms with Gasteiger partial charge < -0.3 is 9.64 Å². The zero-order valence-electron chi connectivity index (χ0n) is 21.4. The number of esters is 1. The summed E-state index contributed by atoms with van der Waals surface area (Å²) in [5.74, 6) is -3.73. The van der Waals surface area contributed by atoms with Crippen LogP contribution in [0.25, 0.3) is 5.57 Å². The summed E-state index contributed by atoms with van der Waals surface area (Å²) < 4.78 is 58.7. The molecule has 2 saturated heterocycles. The Morgan fingerprint density at radius 3 is 1.98 bits per heavy atom. The number of benzene rings is 2. The molecule has 2 aliphatic heterocycles. The average Bonchev–Trinajstić information content (AvgIpc) is 3.09. The van der Waals surface area contributed by atoms with E-state index < -0.39 is 67.3 Å². The number of ketones is 1. The Morgan fingerprint density at radius 1 is 0.925 bits per heavy atom. The van der Waals surface area contributed by atoms with Crippen molar-refractivity contribution in [2.45, 2.75) is 42.5 Å². The quantitative estimate of drug-likeness (QED) is 0.243. The number of hydrogen-bond donors (Lipinski definition) is 0. The fourth-order valence-corrected chi connectivity index (χ4v) is 7.31. The van der Waals surface area contributed by atoms with Crippen LogP contribution in [-0.2, 0) is 29.0 Å². The molecule has 40 heavy (non-hydrogen) atoms. The molecule has 1 amide bonds. The van der Waals surface area contributed by atoms with E-state index in [4.69, 9.17) is 4.74 Å². The molecule has 3 heterocycles. The number of amides is 1. The van der Waals surface area contributed by atoms with Crippen LogP contribution in [0.2, 0.25) is 0 Å². The van der Waals surface area contributed by atoms with Gasteiger partial charge in [-0.3, -0.25) is 14.6 Å². The monoisotopic (exact) mass is 566 g/mol. The fraction of sp³-hybridized carbons (Fsp3) is 0.241. The number of Topliss-reactive ketones (excluding diaryl/α,β-unsaturated/α-hetero) is 1. The van der Waals surface area contributed by atoms with Gasteiger partial charge in [0.2, 0.25) is 5.78 Å². The Morgan fingerprint density at radius 2 is 1.48 bits per heavy atom. The van der Waals surface area contributed by atoms with Gasteiger partial charge in [0.1, 0.15) is 4.75 Å². The van der Waals surface area contributed by atoms with E-state index in [9.17, 15) is 31.6 Å². The first kappa shape index (κ1) is 27.3. The summed E-state index contributed by atoms with van der Waals surface area (Å²) in [4.78, 5) is 44.5. The highest BCUT2D eigenvalue weighted by Gasteiger charge is 2.71. The first-order valence-electron chi connectivity index (χ1n) is 12.3. The van der Waals surface area contributed by atoms with E-state index in [2.05, 4.69) is 4.98 Å². The van der Waals surface area contributed by atoms with E-state index in [1.165, 1.54) is 38.2 Å². The van der Waals surface area contributed by atoms with E-state index in [0.717, 1.165) is 4.90 Å². The lowest BCUT2D eigenvalue weighted by atomic mass is 9.90. The molecular weight excluding hydrogens is 542 g/mol. The van der Waals surface area contributed by atoms with Crippen LogP contribution in [0, 0.1) is 0 Å². The van der Waals surface area contributed by atoms with Crippen LogP contribution in [0.4, 0.5) is 8.78 Å². The number of halogens is 2. The number of β-lactam (4-membered cyclic amide) rings is 1. The number of carbonyl (C=O) groups excluding carboxylic acids is 3. The minimum atomic E-state index is -4.40. The van der Waals surface area contributed by atoms with Gasteiger partial charge in [-0.15, -0.1) is 0 Å². The van der Waals surface area contributed by atoms with Crippen LogP contribution in [0.3, 0.4) is 0 Å². The summed E-state index contributed by atoms with van der Waals surface area (Å²) in [7, 11) is -4.40. The molecule has 0 spiro atoms. The molecule has 11 heteroatoms. The maximum atomic E-state index is 13.7. The normalized spacial score (nSPS) is 22.1. The van der Waals surface area contributed by atoms with Gasteiger partial charge in [0.05, 0.1) is 16.8 Å². The molecular formula is C29H24F2N2O6S. The molecule has 0 bridgehead atoms. The average molecular weight is 567 g/mol. The van der Waals surface area contributed by atoms with Gasteiger partial charge in [0.25, 0.3) is 5.91 Å². The highest BCUT2D eigenvalue weighted by Crippen LogP contribution is 2.51. The minimum Gasteiger partial charge on any atom is -0.451 e. The molecule has 8 nitrogen and oxygen atoms in total. The summed E-state index contributed by atoms with van der Waals surface area (Å²) >= 11 is 0. The summed E-state index contributed by atoms with van der Waals surface area (Å²) in [6, 6.07) is 20.1. The summed E-state index contributed by atoms with van der Waals surface area (Å²) in [5, 5.41) is -1.79. The molecule has 2 aliphatic rings. The number of alkyl halides is 2. The molecule has 5 rings (SSSR count). The van der Waals surface area contributed by atoms with Crippen molar-refractivity contribution in [1.29, 1.82) is 0 Å². The smallest absolute Gasteiger partial charge is 0.331 e. The van der Waals surface area contributed by atoms with Gasteiger partial charge in [-0.05, 0) is 37.1 Å². The Hall–Kier alpha value is -4.25. The molecule has 0 unspecified atom stereocenters. The molecule has 0 radical (unpaired) electrons. The topological polar surface area (TPSA) is 111 Å². The van der Waals surface area contributed by atoms with E-state index in [0.29, 0.717) is 11.1 Å². The lowest BCUT2D eigenvalue weighted by molar-refractivity contribution is -0.160. The predicted molar refractivity (Wildman–Crippen MR) is 140 cm³/mol. The molecule has 1 aromatic heterocycles. The lowest BCUT2D eigenvalue weighted by Crippen LogP contribution is -2.60. The lowest BCUT2D eigenvalue weighted by Gasteiger charge is -2.40. The molecule has 2 atom stereocenters. The van der Waals surface area contributed by atoms with Crippen LogP contribution in [0.5, 0.6) is 0 Å². The van der Waals surface area contributed by atoms with E-state index in [-0.39, 0.29) is 5.69 Å². The third kappa shape index (κ3) is 4.21. The summed E-state index contributed by atoms with van der Waals surface area (Å²) in [5.41, 5.74) is -0.430. The van der Waals surface area contributed by atoms with Gasteiger partial charge in [0.15, 0.2) is 27.4 Å². The molecule has 0 N–H and O–H groups in total. The van der Waals surface area contributed by atoms with E-state index >= 15 is 0 Å². The van der Waals surface area contributed by atoms with Crippen molar-refractivity contribution >= 4 is 33.1 Å². The Kier molecular flexibility index (Phi) is 6.87. The van der Waals surface area contributed by atoms with Gasteiger partial charge >= 0.3 is 12.4 Å². The number of hydrogen-bond acceptors (Lipinski definition) is 7. The highest BCUT2D eigenvalue weighted by molar-refractivity contribution is 7.94. The SMILES string of the molecule is CC1(C)[C@H](C(=O)OC(c2ccccc2)c2ccccc2)N2C(=O)C(=C(C(=O)C(F)F)c3ccccn3)[C@H]2S1(=O)=O. The third-order valence-electron chi connectivity index (χ3n) is 7.23. The second kappa shape index (κ2) is 10.1. The van der Waals surface area contributed by atoms with Crippen LogP contribution < -0.4 is 0 Å². The van der Waals surface area contributed by atoms with Crippen molar-refractivity contribution in [3.8, 4) is 0 Å². The van der Waals surface area contributed by atoms with Crippen molar-refractivity contribution < 1.29 is 36.3 Å². The molecule has 0 saturated carbocycles. The zero-order valence-corrected chi connectivity index (χ0v) is 22.2. The number of aromatic nitrogens is 1. The maximum Gasteiger partial charge on any atom is 0.331 e. The largest absolute Gasteiger partial charge is 0.451 e. The summed E-state index contributed by atoms with van der Waals surface area (Å²) in [6.45, 7) is 2.54. The van der Waals surface area contributed by atoms with Crippen molar-refractivity contribution in [2.24, 2.45) is 0 Å². The number of rotatable bonds is 7. The first-order valence-corrected chi connectivity index (χ1v) is 13.9. The number of pyridine rings is 1. The van der Waals surface area contributed by atoms with Crippen LogP contribution >= 0.6 is 0 Å². The van der Waals surface area contributed by atoms with Crippen LogP contribution in [0.15, 0.2) is 90.6 Å². The summed E-state index contributed by atoms with van der Waals surface area (Å²) in [6.07, 6.45) is -3.19. The standard InChI is InChI=1S/C29H24F2N2O6S/c1-29(2)24(28(36)39-23(17-11-5-3-6-12-17)18-13-7-4-8-14-18)33-26(35)21(27(33)40(29,37)38)20(22(34)25(30)31)19-15-9-10-16-32-19/h3-16,23-25,27H,1-2H3/t24-,27+/m0/s1. The maximum absolute atomic E-state index is 13.7. The van der Waals surface area contributed by atoms with E-state index in [1.54, 1.807) is 60.7 Å². The van der Waals surface area contributed by atoms with Crippen molar-refractivity contribution in [3.05, 3.63) is 107 Å². The van der Waals surface area contributed by atoms with Crippen LogP contribution in [0.1, 0.15) is 36.8 Å². The zero-order chi connectivity index (χ0) is 28.8. The Labute approximate surface area is 229 Å². The molecule has 206 valence electrons. The number of sulfone groups is 1. The Balaban J connectivity index is 1.58. The molecule has 3 aromatic rings. The molecule has 0 aliphatic carbocycles. The van der Waals surface area contributed by atoms with Gasteiger partial charge in [-0.1, -0.05) is 66.7 Å². The van der Waals surface area contributed by atoms with Crippen LogP contribution in [-0.4, -0.2) is 58.5 Å². The first-order chi connectivity index (χ1) is 19.0. The van der Waals surface area contributed by atoms with Crippen molar-refractivity contribution in [1.82, 2.24) is 9.88 Å². The number of fused-ring (bicyclic) bond motifs is 1. The van der Waals surface area contributed by atoms with Gasteiger partial charge in [0, 0.05) is 6.20 Å². The molecule has 2 fully saturated rings. The number of carbonyl (C=O) groups is 3. The molecule has 2 aromatic carbocycles. The minimum absolute atomic E-state index is 0.261. The third-order valence-corrected chi connectivity index (χ3v) is 9.97. The van der Waals surface area contributed by atoms with Gasteiger partial charge in [-0.2, -0.15) is 0 Å². The number of nitrogens with zero attached hydrogens (tertiary/aromatic N) is 2. The Bertz CT molecular complexity index is 1570. The number of allylic oxidation sites excluding steroid dienone is 1. The second-order valence-electron chi connectivity index (χ2n) is 9.92. The van der Waals surface area contributed by atoms with Crippen molar-refractivity contribution in [3.63, 3.8) is 0 Å². The predicted octanol–water partition coefficient (Wildman–Crippen LogP) is 3.75. The van der Waals surface area contributed by atoms with Crippen molar-refractivity contribution in [2.75, 3.05) is 0 Å². The van der Waals surface area contributed by atoms with E-state index in [1.807, 2.05) is 0 Å². The number of ether oxygens (including phenoxy) is 1. The fourth-order valence-electron chi connectivity index (χ4n) is 5.17. The van der Waals surface area contributed by atoms with Gasteiger partial charge in [-0.25, -0.2) is 22.0 Å². The second-order valence-corrected chi connectivity index (χ2v) is 12.5.